The number of ether oxygens (including phenoxy) is 1. The first-order chi connectivity index (χ1) is 13.3. The highest BCUT2D eigenvalue weighted by Crippen LogP contribution is 2.17. The third-order valence-electron chi connectivity index (χ3n) is 4.36. The summed E-state index contributed by atoms with van der Waals surface area (Å²) in [5.41, 5.74) is 1.06. The van der Waals surface area contributed by atoms with E-state index in [0.29, 0.717) is 13.2 Å². The van der Waals surface area contributed by atoms with Crippen molar-refractivity contribution in [3.8, 4) is 5.75 Å². The maximum atomic E-state index is 13.1. The van der Waals surface area contributed by atoms with E-state index in [1.165, 1.54) is 12.1 Å². The fourth-order valence-corrected chi connectivity index (χ4v) is 3.00. The minimum atomic E-state index is -0.201. The van der Waals surface area contributed by atoms with Crippen LogP contribution in [0.2, 0.25) is 0 Å². The number of hydrogen-bond acceptors (Lipinski definition) is 4. The Labute approximate surface area is 182 Å². The van der Waals surface area contributed by atoms with Gasteiger partial charge in [-0.05, 0) is 43.3 Å². The smallest absolute Gasteiger partial charge is 0.194 e. The van der Waals surface area contributed by atoms with Gasteiger partial charge in [-0.1, -0.05) is 0 Å². The Morgan fingerprint density at radius 2 is 1.93 bits per heavy atom. The first-order valence-electron chi connectivity index (χ1n) is 9.33. The molecule has 0 radical (unpaired) electrons. The normalized spacial score (nSPS) is 14.4. The van der Waals surface area contributed by atoms with Gasteiger partial charge >= 0.3 is 0 Å². The first-order valence-corrected chi connectivity index (χ1v) is 9.33. The number of nitrogens with one attached hydrogen (secondary N) is 1. The molecule has 0 saturated carbocycles. The van der Waals surface area contributed by atoms with Gasteiger partial charge in [-0.3, -0.25) is 4.98 Å². The van der Waals surface area contributed by atoms with Crippen LogP contribution in [0.25, 0.3) is 0 Å². The molecule has 1 aromatic carbocycles. The molecule has 0 atom stereocenters. The second-order valence-electron chi connectivity index (χ2n) is 6.22. The van der Waals surface area contributed by atoms with E-state index >= 15 is 0 Å². The van der Waals surface area contributed by atoms with Gasteiger partial charge in [0.1, 0.15) is 18.2 Å². The summed E-state index contributed by atoms with van der Waals surface area (Å²) in [6.07, 6.45) is 3.42. The van der Waals surface area contributed by atoms with Crippen LogP contribution < -0.4 is 15.0 Å². The molecule has 0 spiro atoms. The van der Waals surface area contributed by atoms with E-state index in [1.54, 1.807) is 12.4 Å². The van der Waals surface area contributed by atoms with Gasteiger partial charge in [0.05, 0.1) is 12.7 Å². The highest BCUT2D eigenvalue weighted by Gasteiger charge is 2.19. The molecule has 28 heavy (non-hydrogen) atoms. The van der Waals surface area contributed by atoms with E-state index in [9.17, 15) is 4.39 Å². The lowest BCUT2D eigenvalue weighted by Gasteiger charge is -2.37. The third kappa shape index (κ3) is 6.50. The number of pyridine rings is 1. The Morgan fingerprint density at radius 3 is 2.57 bits per heavy atom. The Hall–Kier alpha value is -2.10. The second kappa shape index (κ2) is 11.7. The SMILES string of the molecule is CCNC(=NCCOc1cccnc1)N1CCN(c2ccc(F)cc2)CC1.I. The largest absolute Gasteiger partial charge is 0.490 e. The standard InChI is InChI=1S/C20H26FN5O.HI/c1-2-23-20(24-10-15-27-19-4-3-9-22-16-19)26-13-11-25(12-14-26)18-7-5-17(21)6-8-18;/h3-9,16H,2,10-15H2,1H3,(H,23,24);1H. The summed E-state index contributed by atoms with van der Waals surface area (Å²) in [6.45, 7) is 7.46. The minimum absolute atomic E-state index is 0. The molecule has 1 aliphatic rings. The molecule has 1 saturated heterocycles. The molecule has 8 heteroatoms. The monoisotopic (exact) mass is 499 g/mol. The average molecular weight is 499 g/mol. The number of aromatic nitrogens is 1. The van der Waals surface area contributed by atoms with Gasteiger partial charge in [0.2, 0.25) is 0 Å². The van der Waals surface area contributed by atoms with Crippen LogP contribution in [0.3, 0.4) is 0 Å². The number of nitrogens with zero attached hydrogens (tertiary/aromatic N) is 4. The van der Waals surface area contributed by atoms with Gasteiger partial charge < -0.3 is 19.9 Å². The summed E-state index contributed by atoms with van der Waals surface area (Å²) in [4.78, 5) is 13.2. The van der Waals surface area contributed by atoms with Crippen molar-refractivity contribution < 1.29 is 9.13 Å². The van der Waals surface area contributed by atoms with Crippen molar-refractivity contribution >= 4 is 35.6 Å². The molecule has 2 heterocycles. The van der Waals surface area contributed by atoms with Gasteiger partial charge in [-0.25, -0.2) is 9.38 Å². The van der Waals surface area contributed by atoms with Gasteiger partial charge in [-0.2, -0.15) is 0 Å². The van der Waals surface area contributed by atoms with Gasteiger partial charge in [0, 0.05) is 44.6 Å². The molecular formula is C20H27FIN5O. The minimum Gasteiger partial charge on any atom is -0.490 e. The van der Waals surface area contributed by atoms with E-state index in [4.69, 9.17) is 4.74 Å². The summed E-state index contributed by atoms with van der Waals surface area (Å²) in [5, 5.41) is 3.35. The van der Waals surface area contributed by atoms with Crippen molar-refractivity contribution in [3.05, 3.63) is 54.6 Å². The molecule has 1 aromatic heterocycles. The molecule has 0 unspecified atom stereocenters. The highest BCUT2D eigenvalue weighted by molar-refractivity contribution is 14.0. The zero-order chi connectivity index (χ0) is 18.9. The number of benzene rings is 1. The molecule has 0 aliphatic carbocycles. The Morgan fingerprint density at radius 1 is 1.18 bits per heavy atom. The van der Waals surface area contributed by atoms with Crippen molar-refractivity contribution in [2.45, 2.75) is 6.92 Å². The van der Waals surface area contributed by atoms with Crippen LogP contribution in [0.1, 0.15) is 6.92 Å². The lowest BCUT2D eigenvalue weighted by atomic mass is 10.2. The van der Waals surface area contributed by atoms with Crippen molar-refractivity contribution in [1.82, 2.24) is 15.2 Å². The lowest BCUT2D eigenvalue weighted by molar-refractivity contribution is 0.324. The van der Waals surface area contributed by atoms with Crippen LogP contribution in [0.5, 0.6) is 5.75 Å². The first kappa shape index (κ1) is 22.2. The number of aliphatic imine (C=N–C) groups is 1. The van der Waals surface area contributed by atoms with Crippen LogP contribution >= 0.6 is 24.0 Å². The average Bonchev–Trinajstić information content (AvgIpc) is 2.72. The van der Waals surface area contributed by atoms with E-state index in [1.807, 2.05) is 24.3 Å². The van der Waals surface area contributed by atoms with E-state index < -0.39 is 0 Å². The number of halogens is 2. The number of rotatable bonds is 6. The van der Waals surface area contributed by atoms with Crippen molar-refractivity contribution in [3.63, 3.8) is 0 Å². The number of anilines is 1. The fourth-order valence-electron chi connectivity index (χ4n) is 3.00. The van der Waals surface area contributed by atoms with Crippen LogP contribution in [-0.2, 0) is 0 Å². The molecule has 1 aliphatic heterocycles. The third-order valence-corrected chi connectivity index (χ3v) is 4.36. The predicted octanol–water partition coefficient (Wildman–Crippen LogP) is 3.01. The summed E-state index contributed by atoms with van der Waals surface area (Å²) >= 11 is 0. The number of piperazine rings is 1. The van der Waals surface area contributed by atoms with E-state index in [2.05, 4.69) is 32.0 Å². The van der Waals surface area contributed by atoms with Crippen LogP contribution in [-0.4, -0.2) is 61.7 Å². The molecule has 152 valence electrons. The molecule has 1 N–H and O–H groups in total. The molecule has 1 fully saturated rings. The lowest BCUT2D eigenvalue weighted by Crippen LogP contribution is -2.52. The van der Waals surface area contributed by atoms with Gasteiger partial charge in [-0.15, -0.1) is 24.0 Å². The maximum Gasteiger partial charge on any atom is 0.194 e. The molecule has 6 nitrogen and oxygen atoms in total. The van der Waals surface area contributed by atoms with E-state index in [-0.39, 0.29) is 29.8 Å². The predicted molar refractivity (Wildman–Crippen MR) is 121 cm³/mol. The summed E-state index contributed by atoms with van der Waals surface area (Å²) in [5.74, 6) is 1.46. The summed E-state index contributed by atoms with van der Waals surface area (Å²) < 4.78 is 18.7. The fraction of sp³-hybridized carbons (Fsp3) is 0.400. The van der Waals surface area contributed by atoms with E-state index in [0.717, 1.165) is 50.1 Å². The van der Waals surface area contributed by atoms with Crippen molar-refractivity contribution in [1.29, 1.82) is 0 Å². The number of guanidine groups is 1. The summed E-state index contributed by atoms with van der Waals surface area (Å²) in [7, 11) is 0. The Balaban J connectivity index is 0.00000280. The zero-order valence-electron chi connectivity index (χ0n) is 16.1. The van der Waals surface area contributed by atoms with Crippen molar-refractivity contribution in [2.24, 2.45) is 4.99 Å². The quantitative estimate of drug-likeness (QED) is 0.287. The summed E-state index contributed by atoms with van der Waals surface area (Å²) in [6, 6.07) is 10.4. The van der Waals surface area contributed by atoms with Gasteiger partial charge in [0.15, 0.2) is 5.96 Å². The molecular weight excluding hydrogens is 472 g/mol. The van der Waals surface area contributed by atoms with Crippen molar-refractivity contribution in [2.75, 3.05) is 50.8 Å². The zero-order valence-corrected chi connectivity index (χ0v) is 18.4. The Kier molecular flexibility index (Phi) is 9.26. The Bertz CT molecular complexity index is 721. The molecule has 2 aromatic rings. The highest BCUT2D eigenvalue weighted by atomic mass is 127. The van der Waals surface area contributed by atoms with Crippen LogP contribution in [0.4, 0.5) is 10.1 Å². The topological polar surface area (TPSA) is 53.0 Å². The second-order valence-corrected chi connectivity index (χ2v) is 6.22. The molecule has 3 rings (SSSR count). The van der Waals surface area contributed by atoms with Gasteiger partial charge in [0.25, 0.3) is 0 Å². The maximum absolute atomic E-state index is 13.1. The molecule has 0 bridgehead atoms. The molecule has 0 amide bonds. The number of hydrogen-bond donors (Lipinski definition) is 1. The van der Waals surface area contributed by atoms with Crippen LogP contribution in [0.15, 0.2) is 53.8 Å². The van der Waals surface area contributed by atoms with Crippen LogP contribution in [0, 0.1) is 5.82 Å².